The molecule has 182 valence electrons. The first-order valence-electron chi connectivity index (χ1n) is 11.7. The van der Waals surface area contributed by atoms with Crippen molar-refractivity contribution in [2.45, 2.75) is 6.92 Å². The number of benzene rings is 3. The van der Waals surface area contributed by atoms with Crippen LogP contribution in [0.15, 0.2) is 89.7 Å². The van der Waals surface area contributed by atoms with Gasteiger partial charge in [0.1, 0.15) is 5.92 Å². The highest BCUT2D eigenvalue weighted by atomic mass is 35.5. The number of carbonyl (C=O) groups excluding carboxylic acids is 3. The van der Waals surface area contributed by atoms with E-state index in [9.17, 15) is 14.4 Å². The Hall–Kier alpha value is -4.49. The molecule has 3 heterocycles. The molecule has 0 spiro atoms. The van der Waals surface area contributed by atoms with E-state index in [0.29, 0.717) is 32.9 Å². The van der Waals surface area contributed by atoms with Crippen LogP contribution in [0.3, 0.4) is 0 Å². The molecule has 7 nitrogen and oxygen atoms in total. The molecule has 0 saturated heterocycles. The lowest BCUT2D eigenvalue weighted by Crippen LogP contribution is -2.35. The number of aryl methyl sites for hydroxylation is 1. The Bertz CT molecular complexity index is 1670. The largest absolute Gasteiger partial charge is 0.361 e. The topological polar surface area (TPSA) is 85.8 Å². The minimum Gasteiger partial charge on any atom is -0.361 e. The molecule has 1 N–H and O–H groups in total. The Balaban J connectivity index is 1.61. The number of anilines is 1. The second-order valence-corrected chi connectivity index (χ2v) is 9.54. The van der Waals surface area contributed by atoms with Crippen LogP contribution < -0.4 is 4.90 Å². The summed E-state index contributed by atoms with van der Waals surface area (Å²) in [5.41, 5.74) is 4.08. The van der Waals surface area contributed by atoms with Crippen LogP contribution in [0.25, 0.3) is 16.5 Å². The lowest BCUT2D eigenvalue weighted by Gasteiger charge is -2.17. The van der Waals surface area contributed by atoms with Crippen LogP contribution in [0.1, 0.15) is 16.7 Å². The number of H-pyrrole nitrogens is 1. The summed E-state index contributed by atoms with van der Waals surface area (Å²) in [7, 11) is 1.55. The maximum Gasteiger partial charge on any atom is 0.266 e. The third-order valence-corrected chi connectivity index (χ3v) is 7.02. The molecule has 6 rings (SSSR count). The first kappa shape index (κ1) is 22.9. The van der Waals surface area contributed by atoms with Gasteiger partial charge in [0, 0.05) is 34.7 Å². The Labute approximate surface area is 217 Å². The SMILES string of the molecule is Cc1ccc(N2C(=O)C(c3c[nH]c4ccc(Cl)cc34)=C([C@@H]3C(=O)N(C)N=C3c3ccccc3)C2=O)cc1. The number of nitrogens with zero attached hydrogens (tertiary/aromatic N) is 3. The van der Waals surface area contributed by atoms with Crippen molar-refractivity contribution in [1.82, 2.24) is 9.99 Å². The van der Waals surface area contributed by atoms with Gasteiger partial charge in [0.2, 0.25) is 0 Å². The van der Waals surface area contributed by atoms with Gasteiger partial charge in [-0.25, -0.2) is 9.91 Å². The summed E-state index contributed by atoms with van der Waals surface area (Å²) in [6.07, 6.45) is 1.68. The summed E-state index contributed by atoms with van der Waals surface area (Å²) in [4.78, 5) is 46.0. The van der Waals surface area contributed by atoms with Crippen LogP contribution in [0.5, 0.6) is 0 Å². The number of fused-ring (bicyclic) bond motifs is 1. The van der Waals surface area contributed by atoms with Gasteiger partial charge < -0.3 is 4.98 Å². The number of carbonyl (C=O) groups is 3. The summed E-state index contributed by atoms with van der Waals surface area (Å²) < 4.78 is 0. The Morgan fingerprint density at radius 1 is 0.919 bits per heavy atom. The molecule has 0 saturated carbocycles. The molecule has 0 fully saturated rings. The average Bonchev–Trinajstić information content (AvgIpc) is 3.51. The number of aromatic amines is 1. The third-order valence-electron chi connectivity index (χ3n) is 6.78. The molecule has 0 unspecified atom stereocenters. The highest BCUT2D eigenvalue weighted by Crippen LogP contribution is 2.42. The van der Waals surface area contributed by atoms with Crippen molar-refractivity contribution in [3.63, 3.8) is 0 Å². The van der Waals surface area contributed by atoms with Gasteiger partial charge in [-0.1, -0.05) is 59.6 Å². The molecule has 3 aromatic carbocycles. The number of aromatic nitrogens is 1. The van der Waals surface area contributed by atoms with Crippen molar-refractivity contribution < 1.29 is 14.4 Å². The minimum absolute atomic E-state index is 0.100. The van der Waals surface area contributed by atoms with Crippen molar-refractivity contribution in [1.29, 1.82) is 0 Å². The Morgan fingerprint density at radius 3 is 2.38 bits per heavy atom. The van der Waals surface area contributed by atoms with Gasteiger partial charge in [-0.15, -0.1) is 0 Å². The monoisotopic (exact) mass is 508 g/mol. The fourth-order valence-electron chi connectivity index (χ4n) is 4.97. The zero-order chi connectivity index (χ0) is 25.8. The molecule has 37 heavy (non-hydrogen) atoms. The number of amides is 3. The third kappa shape index (κ3) is 3.58. The predicted octanol–water partition coefficient (Wildman–Crippen LogP) is 4.95. The van der Waals surface area contributed by atoms with E-state index in [2.05, 4.69) is 10.1 Å². The highest BCUT2D eigenvalue weighted by molar-refractivity contribution is 6.49. The van der Waals surface area contributed by atoms with Gasteiger partial charge in [-0.05, 0) is 42.8 Å². The van der Waals surface area contributed by atoms with Gasteiger partial charge in [0.05, 0.1) is 22.5 Å². The normalized spacial score (nSPS) is 18.0. The van der Waals surface area contributed by atoms with Gasteiger partial charge in [0.25, 0.3) is 17.7 Å². The fourth-order valence-corrected chi connectivity index (χ4v) is 5.14. The number of halogens is 1. The van der Waals surface area contributed by atoms with Crippen LogP contribution in [0.4, 0.5) is 5.69 Å². The lowest BCUT2D eigenvalue weighted by molar-refractivity contribution is -0.130. The van der Waals surface area contributed by atoms with E-state index in [1.54, 1.807) is 37.5 Å². The predicted molar refractivity (Wildman–Crippen MR) is 143 cm³/mol. The number of hydrazone groups is 1. The second kappa shape index (κ2) is 8.57. The Kier molecular flexibility index (Phi) is 5.31. The van der Waals surface area contributed by atoms with E-state index in [0.717, 1.165) is 16.0 Å². The Morgan fingerprint density at radius 2 is 1.65 bits per heavy atom. The zero-order valence-electron chi connectivity index (χ0n) is 20.0. The number of nitrogens with one attached hydrogen (secondary N) is 1. The van der Waals surface area contributed by atoms with Crippen molar-refractivity contribution in [2.75, 3.05) is 11.9 Å². The van der Waals surface area contributed by atoms with Crippen molar-refractivity contribution in [3.8, 4) is 0 Å². The molecule has 3 amide bonds. The number of imide groups is 1. The van der Waals surface area contributed by atoms with E-state index >= 15 is 0 Å². The molecular formula is C29H21ClN4O3. The van der Waals surface area contributed by atoms with Gasteiger partial charge in [0.15, 0.2) is 0 Å². The summed E-state index contributed by atoms with van der Waals surface area (Å²) in [6, 6.07) is 21.7. The highest BCUT2D eigenvalue weighted by Gasteiger charge is 2.50. The fraction of sp³-hybridized carbons (Fsp3) is 0.103. The molecule has 4 aromatic rings. The van der Waals surface area contributed by atoms with E-state index in [4.69, 9.17) is 11.6 Å². The van der Waals surface area contributed by atoms with Gasteiger partial charge >= 0.3 is 0 Å². The standard InChI is InChI=1S/C29H21ClN4O3/c1-16-8-11-19(12-9-16)34-28(36)23(21-15-31-22-13-10-18(30)14-20(21)22)24(29(34)37)25-26(32-33(2)27(25)35)17-6-4-3-5-7-17/h3-15,25,31H,1-2H3/t25-/m0/s1. The van der Waals surface area contributed by atoms with Gasteiger partial charge in [-0.2, -0.15) is 5.10 Å². The van der Waals surface area contributed by atoms with Gasteiger partial charge in [-0.3, -0.25) is 14.4 Å². The average molecular weight is 509 g/mol. The molecule has 0 radical (unpaired) electrons. The van der Waals surface area contributed by atoms with E-state index in [-0.39, 0.29) is 17.1 Å². The molecule has 8 heteroatoms. The van der Waals surface area contributed by atoms with Crippen LogP contribution >= 0.6 is 11.6 Å². The van der Waals surface area contributed by atoms with Crippen LogP contribution in [0, 0.1) is 12.8 Å². The van der Waals surface area contributed by atoms with E-state index in [1.807, 2.05) is 55.5 Å². The first-order chi connectivity index (χ1) is 17.8. The molecule has 1 aromatic heterocycles. The number of rotatable bonds is 4. The maximum absolute atomic E-state index is 14.1. The minimum atomic E-state index is -1.04. The van der Waals surface area contributed by atoms with Crippen LogP contribution in [0.2, 0.25) is 5.02 Å². The van der Waals surface area contributed by atoms with Crippen LogP contribution in [-0.4, -0.2) is 40.5 Å². The van der Waals surface area contributed by atoms with Crippen molar-refractivity contribution in [2.24, 2.45) is 11.0 Å². The maximum atomic E-state index is 14.1. The molecule has 1 atom stereocenters. The lowest BCUT2D eigenvalue weighted by atomic mass is 9.85. The summed E-state index contributed by atoms with van der Waals surface area (Å²) in [6.45, 7) is 1.93. The van der Waals surface area contributed by atoms with E-state index < -0.39 is 17.7 Å². The molecule has 0 bridgehead atoms. The smallest absolute Gasteiger partial charge is 0.266 e. The van der Waals surface area contributed by atoms with E-state index in [1.165, 1.54) is 5.01 Å². The summed E-state index contributed by atoms with van der Waals surface area (Å²) >= 11 is 6.30. The number of hydrogen-bond donors (Lipinski definition) is 1. The molecular weight excluding hydrogens is 488 g/mol. The first-order valence-corrected chi connectivity index (χ1v) is 12.1. The second-order valence-electron chi connectivity index (χ2n) is 9.11. The molecule has 2 aliphatic rings. The summed E-state index contributed by atoms with van der Waals surface area (Å²) in [5, 5.41) is 6.89. The zero-order valence-corrected chi connectivity index (χ0v) is 20.8. The quantitative estimate of drug-likeness (QED) is 0.396. The summed E-state index contributed by atoms with van der Waals surface area (Å²) in [5.74, 6) is -2.47. The van der Waals surface area contributed by atoms with Crippen molar-refractivity contribution >= 4 is 57.2 Å². The van der Waals surface area contributed by atoms with Crippen molar-refractivity contribution in [3.05, 3.63) is 106 Å². The number of hydrogen-bond acceptors (Lipinski definition) is 4. The molecule has 2 aliphatic heterocycles. The molecule has 0 aliphatic carbocycles. The van der Waals surface area contributed by atoms with Crippen LogP contribution in [-0.2, 0) is 14.4 Å².